The molecule has 2 aliphatic rings. The second kappa shape index (κ2) is 9.70. The minimum Gasteiger partial charge on any atom is -0.493 e. The zero-order chi connectivity index (χ0) is 22.8. The normalized spacial score (nSPS) is 22.6. The number of aromatic nitrogens is 2. The Labute approximate surface area is 195 Å². The van der Waals surface area contributed by atoms with Crippen LogP contribution in [0.5, 0.6) is 11.5 Å². The van der Waals surface area contributed by atoms with E-state index in [9.17, 15) is 4.79 Å². The summed E-state index contributed by atoms with van der Waals surface area (Å²) in [5.41, 5.74) is 0.662. The third-order valence-corrected chi connectivity index (χ3v) is 7.10. The molecule has 2 atom stereocenters. The van der Waals surface area contributed by atoms with Gasteiger partial charge in [0.15, 0.2) is 11.5 Å². The molecule has 1 aromatic heterocycles. The first kappa shape index (κ1) is 22.9. The topological polar surface area (TPSA) is 79.8 Å². The van der Waals surface area contributed by atoms with Crippen LogP contribution in [0.15, 0.2) is 18.5 Å². The number of hydrogen-bond donors (Lipinski definition) is 2. The number of nitrogens with zero attached hydrogens (tertiary/aromatic N) is 4. The standard InChI is InChI=1S/C23H33N5O3S/c1-14(2)20-22(29)26-23(32)28(20)10-7-15-5-8-27(9-6-15)21-16-11-18(30-3)19(31-4)12-17(16)24-13-25-21/h11-15,20,23,32H,5-10H2,1-4H3,(H,26,29). The summed E-state index contributed by atoms with van der Waals surface area (Å²) in [6.45, 7) is 6.96. The Morgan fingerprint density at radius 1 is 1.16 bits per heavy atom. The quantitative estimate of drug-likeness (QED) is 0.616. The van der Waals surface area contributed by atoms with Gasteiger partial charge in [0.1, 0.15) is 17.6 Å². The minimum atomic E-state index is -0.186. The molecule has 1 aromatic carbocycles. The molecule has 1 amide bonds. The van der Waals surface area contributed by atoms with Crippen LogP contribution < -0.4 is 19.7 Å². The van der Waals surface area contributed by atoms with E-state index in [1.54, 1.807) is 20.5 Å². The van der Waals surface area contributed by atoms with Gasteiger partial charge in [0.25, 0.3) is 0 Å². The van der Waals surface area contributed by atoms with Crippen molar-refractivity contribution in [1.29, 1.82) is 0 Å². The molecule has 2 aliphatic heterocycles. The largest absolute Gasteiger partial charge is 0.493 e. The lowest BCUT2D eigenvalue weighted by atomic mass is 9.92. The Morgan fingerprint density at radius 2 is 1.84 bits per heavy atom. The Kier molecular flexibility index (Phi) is 6.95. The molecule has 2 fully saturated rings. The van der Waals surface area contributed by atoms with Gasteiger partial charge in [-0.25, -0.2) is 9.97 Å². The van der Waals surface area contributed by atoms with Crippen molar-refractivity contribution in [2.75, 3.05) is 38.8 Å². The molecule has 0 saturated carbocycles. The molecule has 32 heavy (non-hydrogen) atoms. The monoisotopic (exact) mass is 459 g/mol. The summed E-state index contributed by atoms with van der Waals surface area (Å²) in [6, 6.07) is 3.78. The maximum absolute atomic E-state index is 12.2. The first-order chi connectivity index (χ1) is 15.4. The van der Waals surface area contributed by atoms with Gasteiger partial charge in [-0.05, 0) is 37.2 Å². The van der Waals surface area contributed by atoms with Crippen molar-refractivity contribution in [2.45, 2.75) is 44.6 Å². The number of piperidine rings is 1. The number of rotatable bonds is 7. The molecule has 2 unspecified atom stereocenters. The van der Waals surface area contributed by atoms with Crippen LogP contribution in [-0.4, -0.2) is 66.2 Å². The van der Waals surface area contributed by atoms with E-state index in [0.29, 0.717) is 17.4 Å². The Bertz CT molecular complexity index is 964. The summed E-state index contributed by atoms with van der Waals surface area (Å²) >= 11 is 4.58. The summed E-state index contributed by atoms with van der Waals surface area (Å²) in [6.07, 6.45) is 4.87. The Morgan fingerprint density at radius 3 is 2.50 bits per heavy atom. The Balaban J connectivity index is 1.41. The van der Waals surface area contributed by atoms with E-state index in [1.165, 1.54) is 0 Å². The van der Waals surface area contributed by atoms with Crippen LogP contribution in [0.4, 0.5) is 5.82 Å². The number of methoxy groups -OCH3 is 2. The third kappa shape index (κ3) is 4.45. The zero-order valence-electron chi connectivity index (χ0n) is 19.2. The van der Waals surface area contributed by atoms with E-state index < -0.39 is 0 Å². The predicted octanol–water partition coefficient (Wildman–Crippen LogP) is 2.92. The number of hydrogen-bond acceptors (Lipinski definition) is 8. The molecule has 9 heteroatoms. The lowest BCUT2D eigenvalue weighted by molar-refractivity contribution is -0.122. The van der Waals surface area contributed by atoms with Gasteiger partial charge in [0.2, 0.25) is 5.91 Å². The summed E-state index contributed by atoms with van der Waals surface area (Å²) in [4.78, 5) is 25.8. The molecular weight excluding hydrogens is 426 g/mol. The molecule has 0 radical (unpaired) electrons. The van der Waals surface area contributed by atoms with Gasteiger partial charge in [0.05, 0.1) is 25.8 Å². The highest BCUT2D eigenvalue weighted by atomic mass is 32.1. The molecule has 0 bridgehead atoms. The highest BCUT2D eigenvalue weighted by molar-refractivity contribution is 7.80. The molecule has 3 heterocycles. The van der Waals surface area contributed by atoms with Crippen LogP contribution in [0.3, 0.4) is 0 Å². The molecule has 2 aromatic rings. The van der Waals surface area contributed by atoms with Crippen LogP contribution >= 0.6 is 12.6 Å². The first-order valence-corrected chi connectivity index (χ1v) is 11.8. The second-order valence-electron chi connectivity index (χ2n) is 8.95. The van der Waals surface area contributed by atoms with Crippen molar-refractivity contribution in [1.82, 2.24) is 20.2 Å². The maximum atomic E-state index is 12.2. The zero-order valence-corrected chi connectivity index (χ0v) is 20.1. The number of benzene rings is 1. The average molecular weight is 460 g/mol. The van der Waals surface area contributed by atoms with Gasteiger partial charge in [-0.1, -0.05) is 13.8 Å². The lowest BCUT2D eigenvalue weighted by Gasteiger charge is -2.35. The van der Waals surface area contributed by atoms with Gasteiger partial charge in [-0.15, -0.1) is 12.6 Å². The molecule has 8 nitrogen and oxygen atoms in total. The molecule has 0 aliphatic carbocycles. The SMILES string of the molecule is COc1cc2ncnc(N3CCC(CCN4C(S)NC(=O)C4C(C)C)CC3)c2cc1OC. The van der Waals surface area contributed by atoms with E-state index >= 15 is 0 Å². The molecule has 1 N–H and O–H groups in total. The number of amides is 1. The van der Waals surface area contributed by atoms with Gasteiger partial charge >= 0.3 is 0 Å². The van der Waals surface area contributed by atoms with Crippen molar-refractivity contribution >= 4 is 35.3 Å². The maximum Gasteiger partial charge on any atom is 0.239 e. The van der Waals surface area contributed by atoms with Crippen molar-refractivity contribution in [3.63, 3.8) is 0 Å². The van der Waals surface area contributed by atoms with Crippen molar-refractivity contribution in [2.24, 2.45) is 11.8 Å². The summed E-state index contributed by atoms with van der Waals surface area (Å²) in [5.74, 6) is 3.28. The number of thiol groups is 1. The summed E-state index contributed by atoms with van der Waals surface area (Å²) in [7, 11) is 3.27. The van der Waals surface area contributed by atoms with Crippen molar-refractivity contribution in [3.8, 4) is 11.5 Å². The number of carbonyl (C=O) groups excluding carboxylic acids is 1. The first-order valence-electron chi connectivity index (χ1n) is 11.3. The number of anilines is 1. The van der Waals surface area contributed by atoms with E-state index in [2.05, 4.69) is 51.6 Å². The van der Waals surface area contributed by atoms with E-state index in [1.807, 2.05) is 12.1 Å². The number of ether oxygens (including phenoxy) is 2. The summed E-state index contributed by atoms with van der Waals surface area (Å²) in [5, 5.41) is 3.93. The molecule has 2 saturated heterocycles. The number of fused-ring (bicyclic) bond motifs is 1. The third-order valence-electron chi connectivity index (χ3n) is 6.67. The fourth-order valence-corrected chi connectivity index (χ4v) is 5.32. The van der Waals surface area contributed by atoms with Crippen LogP contribution in [-0.2, 0) is 4.79 Å². The predicted molar refractivity (Wildman–Crippen MR) is 128 cm³/mol. The molecular formula is C23H33N5O3S. The van der Waals surface area contributed by atoms with Crippen LogP contribution in [0.1, 0.15) is 33.1 Å². The number of nitrogens with one attached hydrogen (secondary N) is 1. The summed E-state index contributed by atoms with van der Waals surface area (Å²) < 4.78 is 10.9. The van der Waals surface area contributed by atoms with Crippen molar-refractivity contribution < 1.29 is 14.3 Å². The van der Waals surface area contributed by atoms with Gasteiger partial charge in [-0.3, -0.25) is 9.69 Å². The Hall–Kier alpha value is -2.26. The highest BCUT2D eigenvalue weighted by Gasteiger charge is 2.39. The van der Waals surface area contributed by atoms with E-state index in [0.717, 1.165) is 55.6 Å². The van der Waals surface area contributed by atoms with Crippen molar-refractivity contribution in [3.05, 3.63) is 18.5 Å². The second-order valence-corrected chi connectivity index (χ2v) is 9.44. The molecule has 4 rings (SSSR count). The number of carbonyl (C=O) groups is 1. The van der Waals surface area contributed by atoms with E-state index in [-0.39, 0.29) is 23.4 Å². The average Bonchev–Trinajstić information content (AvgIpc) is 3.09. The van der Waals surface area contributed by atoms with Gasteiger partial charge in [0, 0.05) is 31.1 Å². The highest BCUT2D eigenvalue weighted by Crippen LogP contribution is 2.36. The fraction of sp³-hybridized carbons (Fsp3) is 0.609. The van der Waals surface area contributed by atoms with Gasteiger partial charge in [-0.2, -0.15) is 0 Å². The molecule has 174 valence electrons. The van der Waals surface area contributed by atoms with E-state index in [4.69, 9.17) is 9.47 Å². The van der Waals surface area contributed by atoms with Crippen LogP contribution in [0, 0.1) is 11.8 Å². The fourth-order valence-electron chi connectivity index (χ4n) is 4.93. The molecule has 0 spiro atoms. The van der Waals surface area contributed by atoms with Gasteiger partial charge < -0.3 is 19.7 Å². The lowest BCUT2D eigenvalue weighted by Crippen LogP contribution is -2.41. The minimum absolute atomic E-state index is 0.0862. The van der Waals surface area contributed by atoms with Crippen LogP contribution in [0.25, 0.3) is 10.9 Å². The smallest absolute Gasteiger partial charge is 0.239 e. The van der Waals surface area contributed by atoms with Crippen LogP contribution in [0.2, 0.25) is 0 Å².